The fraction of sp³-hybridized carbons (Fsp3) is 0.241. The maximum Gasteiger partial charge on any atom is 0.0510 e. The molecule has 312 valence electrons. The first-order valence-electron chi connectivity index (χ1n) is 21.6. The minimum absolute atomic E-state index is 0.805. The highest BCUT2D eigenvalue weighted by Gasteiger charge is 2.17. The summed E-state index contributed by atoms with van der Waals surface area (Å²) >= 11 is 6.36. The summed E-state index contributed by atoms with van der Waals surface area (Å²) in [6.07, 6.45) is 11.3. The molecule has 6 aromatic carbocycles. The maximum absolute atomic E-state index is 6.36. The highest BCUT2D eigenvalue weighted by atomic mass is 35.5. The molecule has 1 heteroatoms. The van der Waals surface area contributed by atoms with Crippen LogP contribution in [0.2, 0.25) is 0 Å². The molecule has 0 amide bonds. The van der Waals surface area contributed by atoms with Crippen molar-refractivity contribution in [1.82, 2.24) is 0 Å². The van der Waals surface area contributed by atoms with Crippen molar-refractivity contribution in [3.8, 4) is 22.3 Å². The van der Waals surface area contributed by atoms with Crippen LogP contribution in [0.1, 0.15) is 104 Å². The Bertz CT molecular complexity index is 2200. The number of benzene rings is 6. The Balaban J connectivity index is 0.00000109. The van der Waals surface area contributed by atoms with Gasteiger partial charge in [0.25, 0.3) is 0 Å². The van der Waals surface area contributed by atoms with Crippen LogP contribution >= 0.6 is 11.6 Å². The van der Waals surface area contributed by atoms with E-state index in [4.69, 9.17) is 11.6 Å². The third-order valence-corrected chi connectivity index (χ3v) is 9.12. The number of rotatable bonds is 8. The van der Waals surface area contributed by atoms with Gasteiger partial charge in [0.15, 0.2) is 0 Å². The summed E-state index contributed by atoms with van der Waals surface area (Å²) in [5.41, 5.74) is 12.9. The Labute approximate surface area is 366 Å². The first-order chi connectivity index (χ1) is 28.7. The molecule has 0 nitrogen and oxygen atoms in total. The molecule has 0 spiro atoms. The van der Waals surface area contributed by atoms with Gasteiger partial charge in [-0.05, 0) is 111 Å². The molecule has 0 saturated heterocycles. The summed E-state index contributed by atoms with van der Waals surface area (Å²) in [4.78, 5) is 0. The monoisotopic (exact) mass is 805 g/mol. The molecule has 0 saturated carbocycles. The van der Waals surface area contributed by atoms with E-state index < -0.39 is 0 Å². The van der Waals surface area contributed by atoms with Gasteiger partial charge in [-0.15, -0.1) is 0 Å². The summed E-state index contributed by atoms with van der Waals surface area (Å²) in [5, 5.41) is 5.87. The third-order valence-electron chi connectivity index (χ3n) is 8.62. The molecule has 0 radical (unpaired) electrons. The molecular formula is C58H73Cl. The van der Waals surface area contributed by atoms with E-state index in [0.29, 0.717) is 0 Å². The Morgan fingerprint density at radius 2 is 0.932 bits per heavy atom. The van der Waals surface area contributed by atoms with Crippen LogP contribution in [0.15, 0.2) is 177 Å². The topological polar surface area (TPSA) is 0 Å². The average Bonchev–Trinajstić information content (AvgIpc) is 3.30. The molecule has 0 fully saturated rings. The van der Waals surface area contributed by atoms with Gasteiger partial charge < -0.3 is 0 Å². The minimum atomic E-state index is 0.805. The van der Waals surface area contributed by atoms with Crippen molar-refractivity contribution in [1.29, 1.82) is 0 Å². The van der Waals surface area contributed by atoms with Gasteiger partial charge in [-0.3, -0.25) is 0 Å². The van der Waals surface area contributed by atoms with Crippen LogP contribution in [0.25, 0.3) is 54.4 Å². The highest BCUT2D eigenvalue weighted by molar-refractivity contribution is 6.49. The van der Waals surface area contributed by atoms with Crippen LogP contribution in [0.5, 0.6) is 0 Å². The Morgan fingerprint density at radius 1 is 0.492 bits per heavy atom. The Morgan fingerprint density at radius 3 is 1.41 bits per heavy atom. The molecule has 0 N–H and O–H groups in total. The van der Waals surface area contributed by atoms with Crippen molar-refractivity contribution in [2.24, 2.45) is 0 Å². The van der Waals surface area contributed by atoms with Crippen LogP contribution in [-0.4, -0.2) is 0 Å². The van der Waals surface area contributed by atoms with Crippen molar-refractivity contribution >= 4 is 43.8 Å². The van der Waals surface area contributed by atoms with Crippen LogP contribution in [0, 0.1) is 20.8 Å². The van der Waals surface area contributed by atoms with Crippen LogP contribution in [-0.2, 0) is 0 Å². The van der Waals surface area contributed by atoms with E-state index in [-0.39, 0.29) is 0 Å². The second kappa shape index (κ2) is 30.6. The number of aryl methyl sites for hydroxylation is 3. The molecule has 6 aromatic rings. The standard InChI is InChI=1S/C33H26.C15H17Cl.5C2H6/c1-4-5-13-24(3)26-20-23(2)21-27(22-26)33-30-18-11-9-16-28(30)32(25-14-7-6-8-15-25)29-17-10-12-19-31(29)33;1-5-6-7-13(4)15(16)14-10-11(2)8-9-12(14)3;5*1-2/h4-22H,1,3H2,2H3;5-10H,1H2,2-4H3;5*1-2H3/b13-5-;7-6-,15-13-;;;;;. The predicted octanol–water partition coefficient (Wildman–Crippen LogP) is 19.5. The van der Waals surface area contributed by atoms with Gasteiger partial charge >= 0.3 is 0 Å². The van der Waals surface area contributed by atoms with Crippen LogP contribution in [0.4, 0.5) is 0 Å². The molecule has 0 aliphatic heterocycles. The summed E-state index contributed by atoms with van der Waals surface area (Å²) in [6, 6.07) is 41.3. The molecule has 0 unspecified atom stereocenters. The van der Waals surface area contributed by atoms with Gasteiger partial charge in [-0.25, -0.2) is 0 Å². The largest absolute Gasteiger partial charge is 0.0991 e. The molecule has 59 heavy (non-hydrogen) atoms. The van der Waals surface area contributed by atoms with Crippen molar-refractivity contribution in [2.45, 2.75) is 96.9 Å². The maximum atomic E-state index is 6.36. The summed E-state index contributed by atoms with van der Waals surface area (Å²) in [6.45, 7) is 40.0. The zero-order valence-corrected chi connectivity index (χ0v) is 39.7. The van der Waals surface area contributed by atoms with Gasteiger partial charge in [-0.1, -0.05) is 252 Å². The van der Waals surface area contributed by atoms with Crippen molar-refractivity contribution in [3.63, 3.8) is 0 Å². The van der Waals surface area contributed by atoms with Crippen molar-refractivity contribution in [2.75, 3.05) is 0 Å². The van der Waals surface area contributed by atoms with Crippen molar-refractivity contribution in [3.05, 3.63) is 205 Å². The normalized spacial score (nSPS) is 10.3. The lowest BCUT2D eigenvalue weighted by atomic mass is 9.85. The molecule has 0 aromatic heterocycles. The average molecular weight is 806 g/mol. The van der Waals surface area contributed by atoms with Gasteiger partial charge in [0.1, 0.15) is 0 Å². The first kappa shape index (κ1) is 53.6. The van der Waals surface area contributed by atoms with Crippen LogP contribution < -0.4 is 0 Å². The smallest absolute Gasteiger partial charge is 0.0510 e. The molecule has 0 heterocycles. The predicted molar refractivity (Wildman–Crippen MR) is 276 cm³/mol. The number of halogens is 1. The van der Waals surface area contributed by atoms with E-state index in [1.165, 1.54) is 60.5 Å². The number of hydrogen-bond acceptors (Lipinski definition) is 0. The van der Waals surface area contributed by atoms with Gasteiger partial charge in [-0.2, -0.15) is 0 Å². The summed E-state index contributed by atoms with van der Waals surface area (Å²) < 4.78 is 0. The highest BCUT2D eigenvalue weighted by Crippen LogP contribution is 2.44. The van der Waals surface area contributed by atoms with E-state index in [9.17, 15) is 0 Å². The second-order valence-corrected chi connectivity index (χ2v) is 12.7. The zero-order valence-electron chi connectivity index (χ0n) is 38.9. The second-order valence-electron chi connectivity index (χ2n) is 12.3. The fourth-order valence-electron chi connectivity index (χ4n) is 6.22. The SMILES string of the molecule is C=C/C=C\C(=C)c1cc(C)cc(-c2c3ccccc3c(-c3ccccc3)c3ccccc23)c1.C=C/C=C\C(C)=C(/Cl)c1cc(C)ccc1C.CC.CC.CC.CC.CC. The third kappa shape index (κ3) is 15.4. The fourth-order valence-corrected chi connectivity index (χ4v) is 6.49. The molecule has 6 rings (SSSR count). The number of allylic oxidation sites excluding steroid dienone is 8. The molecule has 0 bridgehead atoms. The quantitative estimate of drug-likeness (QED) is 0.106. The van der Waals surface area contributed by atoms with E-state index in [2.05, 4.69) is 156 Å². The molecule has 0 aliphatic rings. The lowest BCUT2D eigenvalue weighted by molar-refractivity contribution is 1.36. The Hall–Kier alpha value is -5.43. The lowest BCUT2D eigenvalue weighted by Gasteiger charge is -2.18. The van der Waals surface area contributed by atoms with E-state index >= 15 is 0 Å². The van der Waals surface area contributed by atoms with Gasteiger partial charge in [0, 0.05) is 0 Å². The molecular weight excluding hydrogens is 732 g/mol. The van der Waals surface area contributed by atoms with Crippen LogP contribution in [0.3, 0.4) is 0 Å². The molecule has 0 atom stereocenters. The zero-order chi connectivity index (χ0) is 44.9. The van der Waals surface area contributed by atoms with Gasteiger partial charge in [0.05, 0.1) is 5.03 Å². The van der Waals surface area contributed by atoms with Crippen molar-refractivity contribution < 1.29 is 0 Å². The first-order valence-corrected chi connectivity index (χ1v) is 21.9. The minimum Gasteiger partial charge on any atom is -0.0991 e. The number of hydrogen-bond donors (Lipinski definition) is 0. The summed E-state index contributed by atoms with van der Waals surface area (Å²) in [7, 11) is 0. The van der Waals surface area contributed by atoms with E-state index in [1.54, 1.807) is 12.2 Å². The summed E-state index contributed by atoms with van der Waals surface area (Å²) in [5.74, 6) is 0. The van der Waals surface area contributed by atoms with E-state index in [1.807, 2.05) is 100 Å². The van der Waals surface area contributed by atoms with E-state index in [0.717, 1.165) is 27.3 Å². The lowest BCUT2D eigenvalue weighted by Crippen LogP contribution is -1.92. The number of fused-ring (bicyclic) bond motifs is 2. The van der Waals surface area contributed by atoms with Gasteiger partial charge in [0.2, 0.25) is 0 Å². The Kier molecular flexibility index (Phi) is 27.8. The molecule has 0 aliphatic carbocycles.